The molecule has 48 heavy (non-hydrogen) atoms. The Morgan fingerprint density at radius 2 is 1.38 bits per heavy atom. The van der Waals surface area contributed by atoms with Crippen molar-refractivity contribution >= 4 is 29.8 Å². The van der Waals surface area contributed by atoms with Gasteiger partial charge in [0.1, 0.15) is 0 Å². The van der Waals surface area contributed by atoms with Crippen molar-refractivity contribution in [1.82, 2.24) is 0 Å². The number of ether oxygens (including phenoxy) is 3. The second kappa shape index (κ2) is 12.1. The van der Waals surface area contributed by atoms with Gasteiger partial charge >= 0.3 is 29.8 Å². The summed E-state index contributed by atoms with van der Waals surface area (Å²) in [6.07, 6.45) is 4.37. The van der Waals surface area contributed by atoms with Gasteiger partial charge in [-0.05, 0) is 143 Å². The number of methoxy groups -OCH3 is 2. The van der Waals surface area contributed by atoms with Gasteiger partial charge in [-0.3, -0.25) is 19.2 Å². The number of aliphatic hydroxyl groups is 1. The van der Waals surface area contributed by atoms with Crippen molar-refractivity contribution in [3.8, 4) is 0 Å². The molecule has 6 aliphatic carbocycles. The number of cyclic esters (lactones) is 2. The molecule has 0 aromatic heterocycles. The fourth-order valence-corrected chi connectivity index (χ4v) is 13.8. The van der Waals surface area contributed by atoms with Crippen LogP contribution in [0.15, 0.2) is 0 Å². The molecule has 11 nitrogen and oxygen atoms in total. The number of rotatable bonds is 9. The van der Waals surface area contributed by atoms with E-state index in [0.29, 0.717) is 31.6 Å². The molecule has 6 saturated carbocycles. The van der Waals surface area contributed by atoms with E-state index in [0.717, 1.165) is 19.3 Å². The quantitative estimate of drug-likeness (QED) is 0.119. The minimum absolute atomic E-state index is 0.00950. The summed E-state index contributed by atoms with van der Waals surface area (Å²) in [6.45, 7) is 7.75. The zero-order valence-electron chi connectivity index (χ0n) is 28.9. The van der Waals surface area contributed by atoms with Crippen LogP contribution < -0.4 is 0 Å². The molecular formula is C37H52O11. The molecule has 11 heteroatoms. The normalized spacial score (nSPS) is 47.8. The number of esters is 4. The van der Waals surface area contributed by atoms with Crippen LogP contribution >= 0.6 is 0 Å². The highest BCUT2D eigenvalue weighted by Crippen LogP contribution is 2.71. The van der Waals surface area contributed by atoms with Gasteiger partial charge in [0.15, 0.2) is 0 Å². The number of aliphatic hydroxyl groups excluding tert-OH is 1. The molecule has 0 aromatic carbocycles. The molecule has 0 spiro atoms. The van der Waals surface area contributed by atoms with Gasteiger partial charge in [-0.2, -0.15) is 5.26 Å². The molecular weight excluding hydrogens is 620 g/mol. The van der Waals surface area contributed by atoms with E-state index in [9.17, 15) is 34.3 Å². The van der Waals surface area contributed by atoms with E-state index < -0.39 is 47.2 Å². The van der Waals surface area contributed by atoms with Gasteiger partial charge < -0.3 is 24.2 Å². The van der Waals surface area contributed by atoms with E-state index in [1.54, 1.807) is 0 Å². The first-order valence-electron chi connectivity index (χ1n) is 18.2. The zero-order valence-corrected chi connectivity index (χ0v) is 28.9. The van der Waals surface area contributed by atoms with E-state index >= 15 is 0 Å². The highest BCUT2D eigenvalue weighted by atomic mass is 17.1. The number of fused-ring (bicyclic) bond motifs is 6. The average Bonchev–Trinajstić information content (AvgIpc) is 3.91. The molecule has 7 fully saturated rings. The zero-order chi connectivity index (χ0) is 34.6. The molecule has 266 valence electrons. The van der Waals surface area contributed by atoms with Crippen LogP contribution in [0.5, 0.6) is 0 Å². The van der Waals surface area contributed by atoms with Crippen LogP contribution in [0.1, 0.15) is 72.6 Å². The van der Waals surface area contributed by atoms with Crippen LogP contribution in [-0.4, -0.2) is 60.5 Å². The first kappa shape index (κ1) is 33.9. The third-order valence-electron chi connectivity index (χ3n) is 15.3. The Labute approximate surface area is 282 Å². The van der Waals surface area contributed by atoms with E-state index in [-0.39, 0.29) is 88.9 Å². The Balaban J connectivity index is 1.31. The van der Waals surface area contributed by atoms with Crippen molar-refractivity contribution in [3.05, 3.63) is 0 Å². The van der Waals surface area contributed by atoms with Gasteiger partial charge in [-0.25, -0.2) is 4.79 Å². The Morgan fingerprint density at radius 1 is 0.792 bits per heavy atom. The molecule has 1 heterocycles. The van der Waals surface area contributed by atoms with Crippen molar-refractivity contribution in [2.24, 2.45) is 106 Å². The minimum atomic E-state index is -0.807. The van der Waals surface area contributed by atoms with E-state index in [1.165, 1.54) is 14.2 Å². The van der Waals surface area contributed by atoms with Crippen LogP contribution in [-0.2, 0) is 43.1 Å². The monoisotopic (exact) mass is 672 g/mol. The van der Waals surface area contributed by atoms with Crippen LogP contribution in [0.2, 0.25) is 0 Å². The summed E-state index contributed by atoms with van der Waals surface area (Å²) in [4.78, 5) is 71.4. The molecule has 2 N–H and O–H groups in total. The number of carbonyl (C=O) groups excluding carboxylic acids is 5. The summed E-state index contributed by atoms with van der Waals surface area (Å²) >= 11 is 0. The van der Waals surface area contributed by atoms with Gasteiger partial charge in [-0.15, -0.1) is 0 Å². The third kappa shape index (κ3) is 4.90. The lowest BCUT2D eigenvalue weighted by Gasteiger charge is -2.49. The second-order valence-corrected chi connectivity index (χ2v) is 17.4. The summed E-state index contributed by atoms with van der Waals surface area (Å²) < 4.78 is 16.0. The first-order valence-corrected chi connectivity index (χ1v) is 18.2. The maximum atomic E-state index is 14.0. The Hall–Kier alpha value is -2.53. The lowest BCUT2D eigenvalue weighted by Crippen LogP contribution is -2.50. The molecule has 6 bridgehead atoms. The first-order chi connectivity index (χ1) is 22.7. The molecule has 0 radical (unpaired) electrons. The van der Waals surface area contributed by atoms with Crippen molar-refractivity contribution in [2.75, 3.05) is 14.2 Å². The fourth-order valence-electron chi connectivity index (χ4n) is 13.8. The standard InChI is InChI=1S/C37H52O11/c1-14-16-7-19(15(2)38)20(8-16)26(14)30-31(35(42)47-34(30)41)27-18-11-22(24(12-18)33(40)48-44)29(27)28-21-9-17(10-23(21)32(39)45-5)25(28)13-37(3,4)36(43)46-6/h14-31,38,44H,7-13H2,1-6H3. The van der Waals surface area contributed by atoms with Gasteiger partial charge in [0, 0.05) is 0 Å². The van der Waals surface area contributed by atoms with Crippen molar-refractivity contribution in [1.29, 1.82) is 0 Å². The summed E-state index contributed by atoms with van der Waals surface area (Å²) in [5.41, 5.74) is -0.807. The van der Waals surface area contributed by atoms with Gasteiger partial charge in [-0.1, -0.05) is 6.92 Å². The number of hydrogen-bond acceptors (Lipinski definition) is 11. The summed E-state index contributed by atoms with van der Waals surface area (Å²) in [5.74, 6) is -4.71. The summed E-state index contributed by atoms with van der Waals surface area (Å²) in [7, 11) is 2.78. The van der Waals surface area contributed by atoms with E-state index in [1.807, 2.05) is 20.8 Å². The smallest absolute Gasteiger partial charge is 0.345 e. The Morgan fingerprint density at radius 3 is 1.98 bits per heavy atom. The minimum Gasteiger partial charge on any atom is -0.469 e. The summed E-state index contributed by atoms with van der Waals surface area (Å²) in [6, 6.07) is 0. The van der Waals surface area contributed by atoms with E-state index in [2.05, 4.69) is 11.8 Å². The molecule has 0 amide bonds. The molecule has 1 saturated heterocycles. The number of hydrogen-bond donors (Lipinski definition) is 2. The number of carbonyl (C=O) groups is 5. The molecule has 18 atom stereocenters. The van der Waals surface area contributed by atoms with Gasteiger partial charge in [0.25, 0.3) is 0 Å². The maximum absolute atomic E-state index is 14.0. The highest BCUT2D eigenvalue weighted by molar-refractivity contribution is 5.97. The fraction of sp³-hybridized carbons (Fsp3) is 0.865. The van der Waals surface area contributed by atoms with Gasteiger partial charge in [0.05, 0.1) is 49.4 Å². The van der Waals surface area contributed by atoms with Crippen molar-refractivity contribution in [3.63, 3.8) is 0 Å². The Bertz CT molecular complexity index is 1360. The SMILES string of the molecule is COC(=O)C1CC2CC1C(C1C3CC(CC3C(=O)OO)C1C1C(=O)OC(=O)C1C1C(C)C3CC(C(C)O)C1C3)C2CC(C)(C)C(=O)OC. The molecule has 7 aliphatic rings. The second-order valence-electron chi connectivity index (χ2n) is 17.4. The average molecular weight is 673 g/mol. The topological polar surface area (TPSA) is 163 Å². The van der Waals surface area contributed by atoms with Crippen LogP contribution in [0.3, 0.4) is 0 Å². The van der Waals surface area contributed by atoms with Gasteiger partial charge in [0.2, 0.25) is 0 Å². The Kier molecular flexibility index (Phi) is 8.53. The lowest BCUT2D eigenvalue weighted by atomic mass is 9.54. The van der Waals surface area contributed by atoms with Crippen LogP contribution in [0, 0.1) is 106 Å². The van der Waals surface area contributed by atoms with Crippen molar-refractivity contribution < 1.29 is 53.4 Å². The highest BCUT2D eigenvalue weighted by Gasteiger charge is 2.70. The lowest BCUT2D eigenvalue weighted by molar-refractivity contribution is -0.242. The van der Waals surface area contributed by atoms with Crippen molar-refractivity contribution in [2.45, 2.75) is 78.7 Å². The molecule has 7 rings (SSSR count). The van der Waals surface area contributed by atoms with E-state index in [4.69, 9.17) is 14.2 Å². The van der Waals surface area contributed by atoms with Crippen LogP contribution in [0.4, 0.5) is 0 Å². The predicted octanol–water partition coefficient (Wildman–Crippen LogP) is 4.15. The summed E-state index contributed by atoms with van der Waals surface area (Å²) in [5, 5.41) is 20.2. The molecule has 1 aliphatic heterocycles. The molecule has 18 unspecified atom stereocenters. The predicted molar refractivity (Wildman–Crippen MR) is 167 cm³/mol. The third-order valence-corrected chi connectivity index (χ3v) is 15.3. The van der Waals surface area contributed by atoms with Crippen LogP contribution in [0.25, 0.3) is 0 Å². The molecule has 0 aromatic rings. The largest absolute Gasteiger partial charge is 0.469 e. The maximum Gasteiger partial charge on any atom is 0.345 e.